The fraction of sp³-hybridized carbons (Fsp3) is 0.261. The predicted molar refractivity (Wildman–Crippen MR) is 112 cm³/mol. The molecule has 1 fully saturated rings. The summed E-state index contributed by atoms with van der Waals surface area (Å²) in [6, 6.07) is 14.1. The number of amides is 1. The van der Waals surface area contributed by atoms with Crippen LogP contribution in [0.2, 0.25) is 0 Å². The van der Waals surface area contributed by atoms with Crippen molar-refractivity contribution in [1.29, 1.82) is 0 Å². The van der Waals surface area contributed by atoms with Crippen molar-refractivity contribution in [2.24, 2.45) is 0 Å². The molecule has 0 saturated carbocycles. The molecule has 1 saturated heterocycles. The summed E-state index contributed by atoms with van der Waals surface area (Å²) in [6.45, 7) is 0.700. The average molecular weight is 403 g/mol. The molecule has 1 aliphatic rings. The third kappa shape index (κ3) is 3.47. The van der Waals surface area contributed by atoms with Gasteiger partial charge in [-0.25, -0.2) is 9.37 Å². The SMILES string of the molecule is O=C(Cc1[nH]nc2ccccc12)N1CCCCC1c1ncc(-c2cccc(F)c2)[nH]1. The number of imidazole rings is 1. The summed E-state index contributed by atoms with van der Waals surface area (Å²) < 4.78 is 13.6. The van der Waals surface area contributed by atoms with E-state index in [9.17, 15) is 9.18 Å². The van der Waals surface area contributed by atoms with Gasteiger partial charge in [0.15, 0.2) is 0 Å². The molecule has 0 aliphatic carbocycles. The van der Waals surface area contributed by atoms with E-state index < -0.39 is 0 Å². The first-order valence-corrected chi connectivity index (χ1v) is 10.2. The summed E-state index contributed by atoms with van der Waals surface area (Å²) in [5, 5.41) is 8.28. The highest BCUT2D eigenvalue weighted by molar-refractivity contribution is 5.87. The standard InChI is InChI=1S/C23H22FN5O/c24-16-7-5-6-15(12-16)20-14-25-23(26-20)21-10-3-4-11-29(21)22(30)13-19-17-8-1-2-9-18(17)27-28-19/h1-2,5-9,12,14,21H,3-4,10-11,13H2,(H,25,26)(H,27,28). The Kier molecular flexibility index (Phi) is 4.78. The lowest BCUT2D eigenvalue weighted by atomic mass is 10.0. The lowest BCUT2D eigenvalue weighted by molar-refractivity contribution is -0.134. The second-order valence-electron chi connectivity index (χ2n) is 7.69. The number of fused-ring (bicyclic) bond motifs is 1. The Morgan fingerprint density at radius 1 is 1.17 bits per heavy atom. The number of halogens is 1. The maximum atomic E-state index is 13.6. The fourth-order valence-corrected chi connectivity index (χ4v) is 4.22. The molecule has 1 atom stereocenters. The molecule has 1 amide bonds. The number of aromatic nitrogens is 4. The first-order valence-electron chi connectivity index (χ1n) is 10.2. The van der Waals surface area contributed by atoms with Crippen LogP contribution in [-0.2, 0) is 11.2 Å². The highest BCUT2D eigenvalue weighted by Gasteiger charge is 2.30. The van der Waals surface area contributed by atoms with Crippen LogP contribution in [0.4, 0.5) is 4.39 Å². The number of piperidine rings is 1. The number of hydrogen-bond donors (Lipinski definition) is 2. The summed E-state index contributed by atoms with van der Waals surface area (Å²) in [5.41, 5.74) is 3.19. The summed E-state index contributed by atoms with van der Waals surface area (Å²) >= 11 is 0. The zero-order valence-corrected chi connectivity index (χ0v) is 16.4. The molecule has 30 heavy (non-hydrogen) atoms. The zero-order chi connectivity index (χ0) is 20.5. The van der Waals surface area contributed by atoms with Gasteiger partial charge in [-0.15, -0.1) is 0 Å². The van der Waals surface area contributed by atoms with Crippen molar-refractivity contribution in [3.05, 3.63) is 72.1 Å². The molecule has 152 valence electrons. The van der Waals surface area contributed by atoms with Crippen molar-refractivity contribution in [3.63, 3.8) is 0 Å². The number of likely N-dealkylation sites (tertiary alicyclic amines) is 1. The third-order valence-corrected chi connectivity index (χ3v) is 5.74. The van der Waals surface area contributed by atoms with Gasteiger partial charge in [-0.1, -0.05) is 30.3 Å². The minimum Gasteiger partial charge on any atom is -0.340 e. The lowest BCUT2D eigenvalue weighted by Crippen LogP contribution is -2.40. The first-order chi connectivity index (χ1) is 14.7. The molecule has 2 aromatic heterocycles. The Balaban J connectivity index is 1.39. The quantitative estimate of drug-likeness (QED) is 0.531. The number of para-hydroxylation sites is 1. The maximum Gasteiger partial charge on any atom is 0.229 e. The second-order valence-corrected chi connectivity index (χ2v) is 7.69. The summed E-state index contributed by atoms with van der Waals surface area (Å²) in [7, 11) is 0. The van der Waals surface area contributed by atoms with E-state index in [-0.39, 0.29) is 24.2 Å². The minimum absolute atomic E-state index is 0.0535. The van der Waals surface area contributed by atoms with Crippen molar-refractivity contribution in [2.45, 2.75) is 31.7 Å². The number of H-pyrrole nitrogens is 2. The highest BCUT2D eigenvalue weighted by Crippen LogP contribution is 2.31. The normalized spacial score (nSPS) is 16.8. The molecule has 0 spiro atoms. The molecular formula is C23H22FN5O. The van der Waals surface area contributed by atoms with Crippen LogP contribution in [-0.4, -0.2) is 37.5 Å². The van der Waals surface area contributed by atoms with Crippen LogP contribution in [0.5, 0.6) is 0 Å². The van der Waals surface area contributed by atoms with Gasteiger partial charge in [0, 0.05) is 17.5 Å². The van der Waals surface area contributed by atoms with Crippen LogP contribution < -0.4 is 0 Å². The molecule has 2 aromatic carbocycles. The van der Waals surface area contributed by atoms with Gasteiger partial charge in [0.2, 0.25) is 5.91 Å². The number of nitrogens with one attached hydrogen (secondary N) is 2. The van der Waals surface area contributed by atoms with Crippen LogP contribution in [0.25, 0.3) is 22.2 Å². The number of carbonyl (C=O) groups is 1. The van der Waals surface area contributed by atoms with Gasteiger partial charge in [-0.2, -0.15) is 5.10 Å². The first kappa shape index (κ1) is 18.5. The zero-order valence-electron chi connectivity index (χ0n) is 16.4. The van der Waals surface area contributed by atoms with Gasteiger partial charge in [0.1, 0.15) is 11.6 Å². The van der Waals surface area contributed by atoms with Crippen LogP contribution in [0.3, 0.4) is 0 Å². The van der Waals surface area contributed by atoms with Gasteiger partial charge >= 0.3 is 0 Å². The van der Waals surface area contributed by atoms with E-state index >= 15 is 0 Å². The van der Waals surface area contributed by atoms with Crippen LogP contribution in [0.1, 0.15) is 36.8 Å². The predicted octanol–water partition coefficient (Wildman–Crippen LogP) is 4.39. The molecule has 2 N–H and O–H groups in total. The van der Waals surface area contributed by atoms with E-state index in [1.54, 1.807) is 12.3 Å². The van der Waals surface area contributed by atoms with E-state index in [1.165, 1.54) is 12.1 Å². The third-order valence-electron chi connectivity index (χ3n) is 5.74. The van der Waals surface area contributed by atoms with Crippen molar-refractivity contribution in [3.8, 4) is 11.3 Å². The maximum absolute atomic E-state index is 13.6. The minimum atomic E-state index is -0.287. The number of rotatable bonds is 4. The number of aromatic amines is 2. The largest absolute Gasteiger partial charge is 0.340 e. The molecular weight excluding hydrogens is 381 g/mol. The van der Waals surface area contributed by atoms with Crippen molar-refractivity contribution in [2.75, 3.05) is 6.54 Å². The van der Waals surface area contributed by atoms with Crippen LogP contribution >= 0.6 is 0 Å². The van der Waals surface area contributed by atoms with E-state index in [0.29, 0.717) is 6.54 Å². The van der Waals surface area contributed by atoms with Crippen molar-refractivity contribution >= 4 is 16.8 Å². The van der Waals surface area contributed by atoms with Crippen molar-refractivity contribution in [1.82, 2.24) is 25.1 Å². The summed E-state index contributed by atoms with van der Waals surface area (Å²) in [5.74, 6) is 0.513. The Morgan fingerprint density at radius 2 is 2.07 bits per heavy atom. The molecule has 4 aromatic rings. The summed E-state index contributed by atoms with van der Waals surface area (Å²) in [6.07, 6.45) is 4.85. The molecule has 1 unspecified atom stereocenters. The topological polar surface area (TPSA) is 77.7 Å². The van der Waals surface area contributed by atoms with Gasteiger partial charge in [-0.3, -0.25) is 9.89 Å². The van der Waals surface area contributed by atoms with Gasteiger partial charge in [0.25, 0.3) is 0 Å². The Labute approximate surface area is 173 Å². The lowest BCUT2D eigenvalue weighted by Gasteiger charge is -2.34. The Morgan fingerprint density at radius 3 is 2.97 bits per heavy atom. The van der Waals surface area contributed by atoms with Gasteiger partial charge < -0.3 is 9.88 Å². The number of hydrogen-bond acceptors (Lipinski definition) is 3. The van der Waals surface area contributed by atoms with E-state index in [4.69, 9.17) is 0 Å². The molecule has 6 nitrogen and oxygen atoms in total. The monoisotopic (exact) mass is 403 g/mol. The second kappa shape index (κ2) is 7.74. The number of benzene rings is 2. The van der Waals surface area contributed by atoms with Gasteiger partial charge in [-0.05, 0) is 37.5 Å². The molecule has 0 bridgehead atoms. The number of carbonyl (C=O) groups excluding carboxylic acids is 1. The average Bonchev–Trinajstić information content (AvgIpc) is 3.42. The van der Waals surface area contributed by atoms with Crippen LogP contribution in [0, 0.1) is 5.82 Å². The Bertz CT molecular complexity index is 1200. The molecule has 1 aliphatic heterocycles. The van der Waals surface area contributed by atoms with Crippen molar-refractivity contribution < 1.29 is 9.18 Å². The smallest absolute Gasteiger partial charge is 0.229 e. The number of nitrogens with zero attached hydrogens (tertiary/aromatic N) is 3. The highest BCUT2D eigenvalue weighted by atomic mass is 19.1. The Hall–Kier alpha value is -3.48. The fourth-order valence-electron chi connectivity index (χ4n) is 4.22. The van der Waals surface area contributed by atoms with Gasteiger partial charge in [0.05, 0.1) is 35.6 Å². The molecule has 3 heterocycles. The molecule has 5 rings (SSSR count). The molecule has 7 heteroatoms. The van der Waals surface area contributed by atoms with E-state index in [0.717, 1.165) is 52.9 Å². The van der Waals surface area contributed by atoms with Crippen LogP contribution in [0.15, 0.2) is 54.7 Å². The van der Waals surface area contributed by atoms with E-state index in [2.05, 4.69) is 20.2 Å². The molecule has 0 radical (unpaired) electrons. The van der Waals surface area contributed by atoms with E-state index in [1.807, 2.05) is 35.2 Å². The summed E-state index contributed by atoms with van der Waals surface area (Å²) in [4.78, 5) is 23.0.